The van der Waals surface area contributed by atoms with Gasteiger partial charge in [0.1, 0.15) is 5.25 Å². The molecule has 0 fully saturated rings. The van der Waals surface area contributed by atoms with Crippen LogP contribution < -0.4 is 24.0 Å². The van der Waals surface area contributed by atoms with Crippen LogP contribution in [0.4, 0.5) is 0 Å². The SMILES string of the molecule is CCC(C(=O)[O-])S(=O)(=O)O.[Li+]. The zero-order valence-corrected chi connectivity index (χ0v) is 7.09. The summed E-state index contributed by atoms with van der Waals surface area (Å²) >= 11 is 0. The van der Waals surface area contributed by atoms with E-state index in [-0.39, 0.29) is 25.3 Å². The first kappa shape index (κ1) is 13.6. The molecule has 11 heavy (non-hydrogen) atoms. The van der Waals surface area contributed by atoms with Crippen molar-refractivity contribution in [3.63, 3.8) is 0 Å². The maximum atomic E-state index is 10.1. The summed E-state index contributed by atoms with van der Waals surface area (Å²) in [5.74, 6) is -1.77. The fraction of sp³-hybridized carbons (Fsp3) is 0.750. The van der Waals surface area contributed by atoms with Crippen LogP contribution in [0.5, 0.6) is 0 Å². The van der Waals surface area contributed by atoms with E-state index in [0.29, 0.717) is 0 Å². The molecule has 0 rings (SSSR count). The number of hydrogen-bond donors (Lipinski definition) is 1. The molecule has 0 heterocycles. The predicted octanol–water partition coefficient (Wildman–Crippen LogP) is -4.59. The normalized spacial score (nSPS) is 13.3. The fourth-order valence-corrected chi connectivity index (χ4v) is 1.16. The van der Waals surface area contributed by atoms with Gasteiger partial charge in [0, 0.05) is 0 Å². The van der Waals surface area contributed by atoms with Crippen molar-refractivity contribution < 1.29 is 41.7 Å². The molecule has 1 N–H and O–H groups in total. The average Bonchev–Trinajstić information content (AvgIpc) is 1.60. The van der Waals surface area contributed by atoms with E-state index in [1.165, 1.54) is 6.92 Å². The molecule has 0 spiro atoms. The third-order valence-electron chi connectivity index (χ3n) is 0.993. The second-order valence-electron chi connectivity index (χ2n) is 1.73. The molecule has 1 atom stereocenters. The molecule has 60 valence electrons. The van der Waals surface area contributed by atoms with Crippen molar-refractivity contribution in [1.29, 1.82) is 0 Å². The molecule has 0 aliphatic carbocycles. The van der Waals surface area contributed by atoms with Crippen LogP contribution >= 0.6 is 0 Å². The Morgan fingerprint density at radius 2 is 2.00 bits per heavy atom. The summed E-state index contributed by atoms with van der Waals surface area (Å²) in [5, 5.41) is 8.13. The molecule has 0 amide bonds. The van der Waals surface area contributed by atoms with Gasteiger partial charge in [0.25, 0.3) is 10.1 Å². The van der Waals surface area contributed by atoms with Crippen molar-refractivity contribution in [2.75, 3.05) is 0 Å². The minimum atomic E-state index is -4.48. The minimum absolute atomic E-state index is 0. The minimum Gasteiger partial charge on any atom is -0.549 e. The van der Waals surface area contributed by atoms with Gasteiger partial charge in [-0.2, -0.15) is 8.42 Å². The smallest absolute Gasteiger partial charge is 0.549 e. The molecule has 0 aromatic heterocycles. The molecule has 5 nitrogen and oxygen atoms in total. The topological polar surface area (TPSA) is 94.5 Å². The Morgan fingerprint density at radius 1 is 1.64 bits per heavy atom. The summed E-state index contributed by atoms with van der Waals surface area (Å²) in [7, 11) is -4.48. The number of aliphatic carboxylic acids is 1. The largest absolute Gasteiger partial charge is 1.00 e. The molecule has 0 aliphatic heterocycles. The summed E-state index contributed by atoms with van der Waals surface area (Å²) in [6.45, 7) is 1.33. The Hall–Kier alpha value is -0.0226. The van der Waals surface area contributed by atoms with Crippen LogP contribution in [0.3, 0.4) is 0 Å². The molecule has 0 aromatic carbocycles. The molecule has 7 heteroatoms. The zero-order chi connectivity index (χ0) is 8.36. The van der Waals surface area contributed by atoms with Crippen LogP contribution in [-0.2, 0) is 14.9 Å². The standard InChI is InChI=1S/C4H8O5S.Li/c1-2-3(4(5)6)10(7,8)9;/h3H,2H2,1H3,(H,5,6)(H,7,8,9);/q;+1/p-1. The van der Waals surface area contributed by atoms with Gasteiger partial charge in [0.05, 0.1) is 5.97 Å². The zero-order valence-electron chi connectivity index (χ0n) is 6.27. The van der Waals surface area contributed by atoms with Crippen LogP contribution in [0.1, 0.15) is 13.3 Å². The van der Waals surface area contributed by atoms with Crippen molar-refractivity contribution in [1.82, 2.24) is 0 Å². The van der Waals surface area contributed by atoms with Gasteiger partial charge in [0.15, 0.2) is 0 Å². The molecule has 0 bridgehead atoms. The number of carboxylic acids is 1. The number of rotatable bonds is 3. The van der Waals surface area contributed by atoms with E-state index in [1.807, 2.05) is 0 Å². The van der Waals surface area contributed by atoms with Crippen LogP contribution in [0.25, 0.3) is 0 Å². The van der Waals surface area contributed by atoms with Crippen LogP contribution in [0.2, 0.25) is 0 Å². The van der Waals surface area contributed by atoms with Gasteiger partial charge in [-0.05, 0) is 6.42 Å². The third kappa shape index (κ3) is 4.43. The first-order valence-corrected chi connectivity index (χ1v) is 4.07. The first-order chi connectivity index (χ1) is 4.39. The molecule has 1 unspecified atom stereocenters. The van der Waals surface area contributed by atoms with Crippen LogP contribution in [-0.4, -0.2) is 24.2 Å². The number of carbonyl (C=O) groups excluding carboxylic acids is 1. The van der Waals surface area contributed by atoms with Crippen molar-refractivity contribution in [3.8, 4) is 0 Å². The Balaban J connectivity index is 0. The Labute approximate surface area is 76.7 Å². The van der Waals surface area contributed by atoms with E-state index in [1.54, 1.807) is 0 Å². The van der Waals surface area contributed by atoms with E-state index in [2.05, 4.69) is 0 Å². The van der Waals surface area contributed by atoms with Gasteiger partial charge >= 0.3 is 18.9 Å². The summed E-state index contributed by atoms with van der Waals surface area (Å²) in [4.78, 5) is 9.93. The van der Waals surface area contributed by atoms with Crippen molar-refractivity contribution in [2.45, 2.75) is 18.6 Å². The molecule has 0 saturated heterocycles. The summed E-state index contributed by atoms with van der Waals surface area (Å²) in [6, 6.07) is 0. The summed E-state index contributed by atoms with van der Waals surface area (Å²) in [6.07, 6.45) is -0.193. The molecular formula is C4H7LiO5S. The van der Waals surface area contributed by atoms with Crippen molar-refractivity contribution in [3.05, 3.63) is 0 Å². The predicted molar refractivity (Wildman–Crippen MR) is 30.6 cm³/mol. The Bertz CT molecular complexity index is 221. The average molecular weight is 174 g/mol. The Kier molecular flexibility index (Phi) is 5.89. The third-order valence-corrected chi connectivity index (χ3v) is 2.24. The van der Waals surface area contributed by atoms with Gasteiger partial charge in [-0.25, -0.2) is 0 Å². The molecule has 0 radical (unpaired) electrons. The van der Waals surface area contributed by atoms with E-state index in [9.17, 15) is 18.3 Å². The maximum absolute atomic E-state index is 10.1. The molecule has 0 aromatic rings. The van der Waals surface area contributed by atoms with Gasteiger partial charge in [-0.15, -0.1) is 0 Å². The van der Waals surface area contributed by atoms with Gasteiger partial charge in [-0.3, -0.25) is 4.55 Å². The number of carboxylic acid groups (broad SMARTS) is 1. The maximum Gasteiger partial charge on any atom is 1.00 e. The van der Waals surface area contributed by atoms with Gasteiger partial charge in [-0.1, -0.05) is 6.92 Å². The summed E-state index contributed by atoms with van der Waals surface area (Å²) < 4.78 is 28.5. The van der Waals surface area contributed by atoms with Gasteiger partial charge in [0.2, 0.25) is 0 Å². The van der Waals surface area contributed by atoms with E-state index in [4.69, 9.17) is 4.55 Å². The van der Waals surface area contributed by atoms with Gasteiger partial charge < -0.3 is 9.90 Å². The quantitative estimate of drug-likeness (QED) is 0.343. The monoisotopic (exact) mass is 174 g/mol. The van der Waals surface area contributed by atoms with Crippen LogP contribution in [0.15, 0.2) is 0 Å². The fourth-order valence-electron chi connectivity index (χ4n) is 0.499. The van der Waals surface area contributed by atoms with Crippen LogP contribution in [0, 0.1) is 0 Å². The number of carbonyl (C=O) groups is 1. The summed E-state index contributed by atoms with van der Waals surface area (Å²) in [5.41, 5.74) is 0. The first-order valence-electron chi connectivity index (χ1n) is 2.56. The van der Waals surface area contributed by atoms with Crippen molar-refractivity contribution in [2.24, 2.45) is 0 Å². The molecule has 0 saturated carbocycles. The molecular weight excluding hydrogens is 167 g/mol. The second kappa shape index (κ2) is 4.77. The molecule has 0 aliphatic rings. The number of hydrogen-bond acceptors (Lipinski definition) is 4. The van der Waals surface area contributed by atoms with E-state index in [0.717, 1.165) is 0 Å². The second-order valence-corrected chi connectivity index (χ2v) is 3.33. The Morgan fingerprint density at radius 3 is 2.00 bits per heavy atom. The van der Waals surface area contributed by atoms with E-state index >= 15 is 0 Å². The van der Waals surface area contributed by atoms with Crippen molar-refractivity contribution >= 4 is 16.1 Å². The van der Waals surface area contributed by atoms with E-state index < -0.39 is 21.3 Å².